The maximum absolute atomic E-state index is 6.04. The minimum absolute atomic E-state index is 0.375. The van der Waals surface area contributed by atoms with Crippen molar-refractivity contribution in [2.24, 2.45) is 0 Å². The van der Waals surface area contributed by atoms with Crippen molar-refractivity contribution in [3.63, 3.8) is 0 Å². The van der Waals surface area contributed by atoms with Crippen molar-refractivity contribution in [2.75, 3.05) is 36.7 Å². The van der Waals surface area contributed by atoms with Gasteiger partial charge in [0.25, 0.3) is 0 Å². The molecule has 1 heterocycles. The van der Waals surface area contributed by atoms with Crippen LogP contribution in [0.15, 0.2) is 30.5 Å². The van der Waals surface area contributed by atoms with Gasteiger partial charge >= 0.3 is 0 Å². The minimum atomic E-state index is 0.375. The van der Waals surface area contributed by atoms with Gasteiger partial charge in [-0.1, -0.05) is 11.6 Å². The molecule has 1 N–H and O–H groups in total. The smallest absolute Gasteiger partial charge is 0.0737 e. The summed E-state index contributed by atoms with van der Waals surface area (Å²) in [5.74, 6) is 1.30. The molecule has 0 saturated carbocycles. The number of hydrogen-bond acceptors (Lipinski definition) is 3. The van der Waals surface area contributed by atoms with Crippen LogP contribution >= 0.6 is 34.8 Å². The number of aromatic nitrogens is 1. The minimum Gasteiger partial charge on any atom is -0.382 e. The van der Waals surface area contributed by atoms with Crippen molar-refractivity contribution < 1.29 is 0 Å². The van der Waals surface area contributed by atoms with Gasteiger partial charge in [-0.2, -0.15) is 0 Å². The Balaban J connectivity index is 1.89. The normalized spacial score (nSPS) is 12.7. The van der Waals surface area contributed by atoms with Crippen molar-refractivity contribution in [2.45, 2.75) is 25.8 Å². The zero-order valence-electron chi connectivity index (χ0n) is 13.9. The molecule has 3 nitrogen and oxygen atoms in total. The largest absolute Gasteiger partial charge is 0.382 e. The van der Waals surface area contributed by atoms with Crippen molar-refractivity contribution in [3.8, 4) is 0 Å². The molecule has 0 aliphatic heterocycles. The topological polar surface area (TPSA) is 28.2 Å². The van der Waals surface area contributed by atoms with Crippen molar-refractivity contribution in [3.05, 3.63) is 35.5 Å². The summed E-state index contributed by atoms with van der Waals surface area (Å²) < 4.78 is 0. The third-order valence-corrected chi connectivity index (χ3v) is 4.59. The van der Waals surface area contributed by atoms with E-state index in [-0.39, 0.29) is 0 Å². The average Bonchev–Trinajstić information content (AvgIpc) is 2.55. The maximum Gasteiger partial charge on any atom is 0.0737 e. The Morgan fingerprint density at radius 1 is 1.12 bits per heavy atom. The molecule has 0 amide bonds. The molecule has 2 aromatic rings. The van der Waals surface area contributed by atoms with Gasteiger partial charge in [0, 0.05) is 53.2 Å². The van der Waals surface area contributed by atoms with Crippen molar-refractivity contribution >= 4 is 51.4 Å². The standard InChI is InChI=1S/C18H24Cl3N3/c1-14(3-2-10-24(11-7-19)12-8-20)23-17-6-9-22-18-13-15(21)4-5-16(17)18/h4-6,9,13-14H,2-3,7-8,10-12H2,1H3,(H,22,23)/t14-/m0/s1. The van der Waals surface area contributed by atoms with Gasteiger partial charge in [-0.25, -0.2) is 0 Å². The molecular weight excluding hydrogens is 365 g/mol. The van der Waals surface area contributed by atoms with E-state index < -0.39 is 0 Å². The second-order valence-corrected chi connectivity index (χ2v) is 7.12. The van der Waals surface area contributed by atoms with E-state index in [4.69, 9.17) is 34.8 Å². The number of halogens is 3. The quantitative estimate of drug-likeness (QED) is 0.563. The summed E-state index contributed by atoms with van der Waals surface area (Å²) in [6, 6.07) is 8.20. The molecule has 0 spiro atoms. The Kier molecular flexibility index (Phi) is 8.40. The van der Waals surface area contributed by atoms with Crippen LogP contribution in [0.5, 0.6) is 0 Å². The van der Waals surface area contributed by atoms with Crippen LogP contribution in [0, 0.1) is 0 Å². The van der Waals surface area contributed by atoms with E-state index in [9.17, 15) is 0 Å². The highest BCUT2D eigenvalue weighted by Crippen LogP contribution is 2.25. The summed E-state index contributed by atoms with van der Waals surface area (Å²) in [7, 11) is 0. The SMILES string of the molecule is C[C@@H](CCCN(CCCl)CCCl)Nc1ccnc2cc(Cl)ccc12. The molecule has 1 aromatic carbocycles. The van der Waals surface area contributed by atoms with Gasteiger partial charge < -0.3 is 10.2 Å². The second-order valence-electron chi connectivity index (χ2n) is 5.93. The van der Waals surface area contributed by atoms with Crippen LogP contribution in [-0.2, 0) is 0 Å². The summed E-state index contributed by atoms with van der Waals surface area (Å²) >= 11 is 17.7. The van der Waals surface area contributed by atoms with Gasteiger partial charge in [0.2, 0.25) is 0 Å². The molecule has 6 heteroatoms. The fourth-order valence-corrected chi connectivity index (χ4v) is 3.42. The summed E-state index contributed by atoms with van der Waals surface area (Å²) in [5, 5.41) is 5.39. The van der Waals surface area contributed by atoms with Crippen LogP contribution in [0.2, 0.25) is 5.02 Å². The summed E-state index contributed by atoms with van der Waals surface area (Å²) in [6.45, 7) is 5.02. The second kappa shape index (κ2) is 10.3. The van der Waals surface area contributed by atoms with Gasteiger partial charge in [-0.3, -0.25) is 4.98 Å². The zero-order valence-corrected chi connectivity index (χ0v) is 16.2. The zero-order chi connectivity index (χ0) is 17.4. The molecule has 132 valence electrons. The lowest BCUT2D eigenvalue weighted by Crippen LogP contribution is -2.30. The molecule has 0 bridgehead atoms. The number of fused-ring (bicyclic) bond motifs is 1. The van der Waals surface area contributed by atoms with E-state index in [1.54, 1.807) is 0 Å². The van der Waals surface area contributed by atoms with Crippen LogP contribution in [0.25, 0.3) is 10.9 Å². The highest BCUT2D eigenvalue weighted by Gasteiger charge is 2.08. The van der Waals surface area contributed by atoms with E-state index in [2.05, 4.69) is 22.1 Å². The molecule has 24 heavy (non-hydrogen) atoms. The first-order valence-corrected chi connectivity index (χ1v) is 9.74. The number of nitrogens with one attached hydrogen (secondary N) is 1. The first kappa shape index (κ1) is 19.6. The molecule has 1 aromatic heterocycles. The van der Waals surface area contributed by atoms with E-state index in [0.29, 0.717) is 22.8 Å². The summed E-state index contributed by atoms with van der Waals surface area (Å²) in [4.78, 5) is 6.70. The Hall–Kier alpha value is -0.740. The number of benzene rings is 1. The van der Waals surface area contributed by atoms with Crippen LogP contribution in [0.1, 0.15) is 19.8 Å². The van der Waals surface area contributed by atoms with Crippen LogP contribution in [0.3, 0.4) is 0 Å². The lowest BCUT2D eigenvalue weighted by atomic mass is 10.1. The van der Waals surface area contributed by atoms with Crippen LogP contribution in [-0.4, -0.2) is 47.3 Å². The molecule has 0 unspecified atom stereocenters. The number of nitrogens with zero attached hydrogens (tertiary/aromatic N) is 2. The van der Waals surface area contributed by atoms with Gasteiger partial charge in [0.05, 0.1) is 5.52 Å². The molecule has 2 rings (SSSR count). The third-order valence-electron chi connectivity index (χ3n) is 4.02. The van der Waals surface area contributed by atoms with Gasteiger partial charge in [0.15, 0.2) is 0 Å². The molecule has 0 aliphatic rings. The fraction of sp³-hybridized carbons (Fsp3) is 0.500. The maximum atomic E-state index is 6.04. The summed E-state index contributed by atoms with van der Waals surface area (Å²) in [6.07, 6.45) is 4.01. The highest BCUT2D eigenvalue weighted by molar-refractivity contribution is 6.31. The first-order valence-electron chi connectivity index (χ1n) is 8.29. The lowest BCUT2D eigenvalue weighted by molar-refractivity contribution is 0.298. The Bertz CT molecular complexity index is 630. The lowest BCUT2D eigenvalue weighted by Gasteiger charge is -2.22. The monoisotopic (exact) mass is 387 g/mol. The van der Waals surface area contributed by atoms with Crippen molar-refractivity contribution in [1.29, 1.82) is 0 Å². The Morgan fingerprint density at radius 2 is 1.88 bits per heavy atom. The predicted molar refractivity (Wildman–Crippen MR) is 107 cm³/mol. The molecular formula is C18H24Cl3N3. The number of rotatable bonds is 10. The van der Waals surface area contributed by atoms with Crippen LogP contribution in [0.4, 0.5) is 5.69 Å². The Labute approximate surface area is 159 Å². The highest BCUT2D eigenvalue weighted by atomic mass is 35.5. The van der Waals surface area contributed by atoms with E-state index >= 15 is 0 Å². The van der Waals surface area contributed by atoms with Gasteiger partial charge in [-0.05, 0) is 50.6 Å². The third kappa shape index (κ3) is 5.96. The van der Waals surface area contributed by atoms with Crippen LogP contribution < -0.4 is 5.32 Å². The molecule has 0 saturated heterocycles. The fourth-order valence-electron chi connectivity index (χ4n) is 2.78. The van der Waals surface area contributed by atoms with E-state index in [0.717, 1.165) is 49.1 Å². The number of alkyl halides is 2. The molecule has 0 fully saturated rings. The first-order chi connectivity index (χ1) is 11.6. The predicted octanol–water partition coefficient (Wildman–Crippen LogP) is 5.25. The Morgan fingerprint density at radius 3 is 2.58 bits per heavy atom. The number of anilines is 1. The van der Waals surface area contributed by atoms with E-state index in [1.165, 1.54) is 0 Å². The molecule has 0 aliphatic carbocycles. The number of pyridine rings is 1. The van der Waals surface area contributed by atoms with Gasteiger partial charge in [-0.15, -0.1) is 23.2 Å². The molecule has 0 radical (unpaired) electrons. The number of hydrogen-bond donors (Lipinski definition) is 1. The van der Waals surface area contributed by atoms with Gasteiger partial charge in [0.1, 0.15) is 0 Å². The average molecular weight is 389 g/mol. The summed E-state index contributed by atoms with van der Waals surface area (Å²) in [5.41, 5.74) is 2.01. The van der Waals surface area contributed by atoms with E-state index in [1.807, 2.05) is 30.5 Å². The van der Waals surface area contributed by atoms with Crippen molar-refractivity contribution in [1.82, 2.24) is 9.88 Å². The molecule has 1 atom stereocenters.